The number of carbonyl (C=O) groups is 4. The highest BCUT2D eigenvalue weighted by Crippen LogP contribution is 1.91. The summed E-state index contributed by atoms with van der Waals surface area (Å²) in [4.78, 5) is 43.2. The van der Waals surface area contributed by atoms with Gasteiger partial charge in [-0.2, -0.15) is 0 Å². The molecule has 0 saturated heterocycles. The Balaban J connectivity index is 4.06. The third-order valence-electron chi connectivity index (χ3n) is 1.85. The lowest BCUT2D eigenvalue weighted by atomic mass is 10.2. The van der Waals surface area contributed by atoms with Gasteiger partial charge in [0.2, 0.25) is 5.91 Å². The second-order valence-electron chi connectivity index (χ2n) is 3.29. The van der Waals surface area contributed by atoms with Crippen molar-refractivity contribution in [2.45, 2.75) is 18.9 Å². The number of primary amides is 1. The number of amides is 3. The van der Waals surface area contributed by atoms with Crippen LogP contribution in [0, 0.1) is 0 Å². The lowest BCUT2D eigenvalue weighted by Crippen LogP contribution is -2.48. The SMILES string of the molecule is COC(=O)CCNC(=O)N[C@@H](CC(N)=O)C(=O)O. The zero-order valence-electron chi connectivity index (χ0n) is 9.76. The molecule has 0 saturated carbocycles. The van der Waals surface area contributed by atoms with Crippen LogP contribution in [-0.2, 0) is 19.1 Å². The van der Waals surface area contributed by atoms with E-state index in [1.54, 1.807) is 0 Å². The Hall–Kier alpha value is -2.32. The molecule has 102 valence electrons. The molecule has 0 aromatic rings. The molecule has 0 spiro atoms. The maximum Gasteiger partial charge on any atom is 0.326 e. The highest BCUT2D eigenvalue weighted by Gasteiger charge is 2.21. The number of hydrogen-bond acceptors (Lipinski definition) is 5. The molecule has 0 aromatic carbocycles. The molecule has 0 aliphatic rings. The van der Waals surface area contributed by atoms with Gasteiger partial charge >= 0.3 is 18.0 Å². The number of ether oxygens (including phenoxy) is 1. The quantitative estimate of drug-likeness (QED) is 0.396. The summed E-state index contributed by atoms with van der Waals surface area (Å²) in [6.45, 7) is -0.0125. The molecule has 0 aromatic heterocycles. The molecule has 5 N–H and O–H groups in total. The second-order valence-corrected chi connectivity index (χ2v) is 3.29. The Morgan fingerprint density at radius 1 is 1.33 bits per heavy atom. The number of nitrogens with one attached hydrogen (secondary N) is 2. The molecule has 0 aliphatic carbocycles. The number of nitrogens with two attached hydrogens (primary N) is 1. The minimum absolute atomic E-state index is 0.0125. The fraction of sp³-hybridized carbons (Fsp3) is 0.556. The van der Waals surface area contributed by atoms with Crippen molar-refractivity contribution >= 4 is 23.9 Å². The largest absolute Gasteiger partial charge is 0.480 e. The van der Waals surface area contributed by atoms with Crippen LogP contribution in [0.1, 0.15) is 12.8 Å². The molecule has 18 heavy (non-hydrogen) atoms. The van der Waals surface area contributed by atoms with Crippen LogP contribution in [-0.4, -0.2) is 48.7 Å². The van der Waals surface area contributed by atoms with Gasteiger partial charge in [-0.25, -0.2) is 9.59 Å². The maximum absolute atomic E-state index is 11.2. The number of aliphatic carboxylic acids is 1. The summed E-state index contributed by atoms with van der Waals surface area (Å²) in [7, 11) is 1.20. The average Bonchev–Trinajstić information content (AvgIpc) is 2.27. The third-order valence-corrected chi connectivity index (χ3v) is 1.85. The van der Waals surface area contributed by atoms with Crippen LogP contribution in [0.25, 0.3) is 0 Å². The molecule has 0 fully saturated rings. The van der Waals surface area contributed by atoms with E-state index in [0.29, 0.717) is 0 Å². The van der Waals surface area contributed by atoms with Crippen LogP contribution < -0.4 is 16.4 Å². The van der Waals surface area contributed by atoms with E-state index < -0.39 is 36.3 Å². The fourth-order valence-corrected chi connectivity index (χ4v) is 0.991. The Kier molecular flexibility index (Phi) is 6.86. The highest BCUT2D eigenvalue weighted by atomic mass is 16.5. The molecule has 0 bridgehead atoms. The molecule has 0 unspecified atom stereocenters. The van der Waals surface area contributed by atoms with E-state index in [-0.39, 0.29) is 13.0 Å². The third kappa shape index (κ3) is 7.04. The lowest BCUT2D eigenvalue weighted by molar-refractivity contribution is -0.141. The highest BCUT2D eigenvalue weighted by molar-refractivity contribution is 5.87. The number of carboxylic acid groups (broad SMARTS) is 1. The molecular formula is C9H15N3O6. The Morgan fingerprint density at radius 3 is 2.39 bits per heavy atom. The van der Waals surface area contributed by atoms with Crippen LogP contribution in [0.4, 0.5) is 4.79 Å². The van der Waals surface area contributed by atoms with Gasteiger partial charge in [-0.05, 0) is 0 Å². The van der Waals surface area contributed by atoms with Gasteiger partial charge in [0, 0.05) is 6.54 Å². The molecule has 0 radical (unpaired) electrons. The molecule has 0 aliphatic heterocycles. The first kappa shape index (κ1) is 15.7. The van der Waals surface area contributed by atoms with E-state index in [0.717, 1.165) is 0 Å². The number of methoxy groups -OCH3 is 1. The fourth-order valence-electron chi connectivity index (χ4n) is 0.991. The van der Waals surface area contributed by atoms with E-state index >= 15 is 0 Å². The monoisotopic (exact) mass is 261 g/mol. The van der Waals surface area contributed by atoms with E-state index in [1.807, 2.05) is 5.32 Å². The van der Waals surface area contributed by atoms with Gasteiger partial charge in [0.1, 0.15) is 6.04 Å². The van der Waals surface area contributed by atoms with Crippen LogP contribution in [0.3, 0.4) is 0 Å². The van der Waals surface area contributed by atoms with Crippen molar-refractivity contribution in [3.05, 3.63) is 0 Å². The lowest BCUT2D eigenvalue weighted by Gasteiger charge is -2.13. The summed E-state index contributed by atoms with van der Waals surface area (Å²) < 4.78 is 4.34. The van der Waals surface area contributed by atoms with Crippen LogP contribution in [0.5, 0.6) is 0 Å². The summed E-state index contributed by atoms with van der Waals surface area (Å²) >= 11 is 0. The predicted molar refractivity (Wildman–Crippen MR) is 58.4 cm³/mol. The van der Waals surface area contributed by atoms with Crippen molar-refractivity contribution in [3.8, 4) is 0 Å². The van der Waals surface area contributed by atoms with Gasteiger partial charge in [0.15, 0.2) is 0 Å². The van der Waals surface area contributed by atoms with Gasteiger partial charge in [-0.3, -0.25) is 9.59 Å². The summed E-state index contributed by atoms with van der Waals surface area (Å²) in [5.41, 5.74) is 4.83. The van der Waals surface area contributed by atoms with Gasteiger partial charge in [0.05, 0.1) is 20.0 Å². The summed E-state index contributed by atoms with van der Waals surface area (Å²) in [5.74, 6) is -2.74. The predicted octanol–water partition coefficient (Wildman–Crippen LogP) is -1.82. The molecular weight excluding hydrogens is 246 g/mol. The van der Waals surface area contributed by atoms with Crippen LogP contribution in [0.2, 0.25) is 0 Å². The normalized spacial score (nSPS) is 11.2. The van der Waals surface area contributed by atoms with E-state index in [2.05, 4.69) is 10.1 Å². The Bertz CT molecular complexity index is 343. The molecule has 0 heterocycles. The number of carboxylic acids is 1. The number of hydrogen-bond donors (Lipinski definition) is 4. The Morgan fingerprint density at radius 2 is 1.94 bits per heavy atom. The molecule has 9 nitrogen and oxygen atoms in total. The van der Waals surface area contributed by atoms with Crippen molar-refractivity contribution in [2.24, 2.45) is 5.73 Å². The first-order valence-corrected chi connectivity index (χ1v) is 4.99. The van der Waals surface area contributed by atoms with Gasteiger partial charge in [-0.1, -0.05) is 0 Å². The second kappa shape index (κ2) is 7.87. The number of rotatable bonds is 7. The van der Waals surface area contributed by atoms with Crippen molar-refractivity contribution < 1.29 is 29.0 Å². The molecule has 1 atom stereocenters. The first-order chi connectivity index (χ1) is 8.36. The van der Waals surface area contributed by atoms with Gasteiger partial charge in [0.25, 0.3) is 0 Å². The van der Waals surface area contributed by atoms with Crippen molar-refractivity contribution in [3.63, 3.8) is 0 Å². The molecule has 0 rings (SSSR count). The molecule has 3 amide bonds. The maximum atomic E-state index is 11.2. The zero-order chi connectivity index (χ0) is 14.1. The van der Waals surface area contributed by atoms with Gasteiger partial charge in [-0.15, -0.1) is 0 Å². The van der Waals surface area contributed by atoms with Crippen LogP contribution >= 0.6 is 0 Å². The minimum atomic E-state index is -1.40. The summed E-state index contributed by atoms with van der Waals surface area (Å²) in [6.07, 6.45) is -0.558. The van der Waals surface area contributed by atoms with Crippen LogP contribution in [0.15, 0.2) is 0 Å². The first-order valence-electron chi connectivity index (χ1n) is 4.99. The standard InChI is InChI=1S/C9H15N3O6/c1-18-7(14)2-3-11-9(17)12-5(8(15)16)4-6(10)13/h5H,2-4H2,1H3,(H2,10,13)(H,15,16)(H2,11,12,17)/t5-/m0/s1. The summed E-state index contributed by atoms with van der Waals surface area (Å²) in [6, 6.07) is -2.21. The Labute approximate surface area is 103 Å². The number of carbonyl (C=O) groups excluding carboxylic acids is 3. The molecule has 9 heteroatoms. The van der Waals surface area contributed by atoms with Crippen molar-refractivity contribution in [1.82, 2.24) is 10.6 Å². The topological polar surface area (TPSA) is 148 Å². The number of urea groups is 1. The minimum Gasteiger partial charge on any atom is -0.480 e. The van der Waals surface area contributed by atoms with Crippen molar-refractivity contribution in [1.29, 1.82) is 0 Å². The smallest absolute Gasteiger partial charge is 0.326 e. The average molecular weight is 261 g/mol. The summed E-state index contributed by atoms with van der Waals surface area (Å²) in [5, 5.41) is 13.0. The van der Waals surface area contributed by atoms with E-state index in [9.17, 15) is 19.2 Å². The van der Waals surface area contributed by atoms with E-state index in [4.69, 9.17) is 10.8 Å². The van der Waals surface area contributed by atoms with Crippen molar-refractivity contribution in [2.75, 3.05) is 13.7 Å². The number of esters is 1. The van der Waals surface area contributed by atoms with Gasteiger partial charge < -0.3 is 26.2 Å². The zero-order valence-corrected chi connectivity index (χ0v) is 9.76. The van der Waals surface area contributed by atoms with E-state index in [1.165, 1.54) is 7.11 Å².